The van der Waals surface area contributed by atoms with Gasteiger partial charge in [0.1, 0.15) is 48.6 Å². The third-order valence-electron chi connectivity index (χ3n) is 10.8. The van der Waals surface area contributed by atoms with Gasteiger partial charge >= 0.3 is 7.87 Å². The van der Waals surface area contributed by atoms with Crippen molar-refractivity contribution < 1.29 is 42.6 Å². The molecule has 6 rings (SSSR count). The van der Waals surface area contributed by atoms with Crippen molar-refractivity contribution in [2.75, 3.05) is 45.7 Å². The third-order valence-corrected chi connectivity index (χ3v) is 13.8. The minimum Gasteiger partial charge on any atom is -0.497 e. The molecular weight excluding hydrogens is 840 g/mol. The second-order valence-electron chi connectivity index (χ2n) is 15.6. The Bertz CT molecular complexity index is 2320. The number of benzene rings is 3. The molecule has 0 radical (unpaired) electrons. The molecule has 338 valence electrons. The molecular formula is C46H56N8O9P+. The fraction of sp³-hybridized carbons (Fsp3) is 0.435. The van der Waals surface area contributed by atoms with E-state index in [1.807, 2.05) is 111 Å². The van der Waals surface area contributed by atoms with Crippen LogP contribution in [0.2, 0.25) is 0 Å². The largest absolute Gasteiger partial charge is 0.497 e. The van der Waals surface area contributed by atoms with Crippen LogP contribution in [-0.4, -0.2) is 106 Å². The van der Waals surface area contributed by atoms with Crippen molar-refractivity contribution in [1.29, 1.82) is 10.5 Å². The van der Waals surface area contributed by atoms with E-state index < -0.39 is 38.0 Å². The van der Waals surface area contributed by atoms with Gasteiger partial charge in [0, 0.05) is 19.0 Å². The molecule has 3 heterocycles. The Kier molecular flexibility index (Phi) is 16.4. The number of carbonyl (C=O) groups excluding carboxylic acids is 1. The van der Waals surface area contributed by atoms with Crippen molar-refractivity contribution in [3.05, 3.63) is 108 Å². The molecule has 1 amide bonds. The van der Waals surface area contributed by atoms with Gasteiger partial charge in [0.15, 0.2) is 29.3 Å². The number of fused-ring (bicyclic) bond motifs is 1. The van der Waals surface area contributed by atoms with Crippen molar-refractivity contribution in [3.63, 3.8) is 0 Å². The summed E-state index contributed by atoms with van der Waals surface area (Å²) in [7, 11) is -0.412. The van der Waals surface area contributed by atoms with Crippen molar-refractivity contribution in [3.8, 4) is 23.6 Å². The van der Waals surface area contributed by atoms with Crippen LogP contribution in [0.4, 0.5) is 5.82 Å². The van der Waals surface area contributed by atoms with E-state index in [9.17, 15) is 20.2 Å². The topological polar surface area (TPSA) is 208 Å². The van der Waals surface area contributed by atoms with Crippen LogP contribution in [0, 0.1) is 22.7 Å². The van der Waals surface area contributed by atoms with E-state index in [0.717, 1.165) is 16.7 Å². The summed E-state index contributed by atoms with van der Waals surface area (Å²) in [6.45, 7) is 8.94. The zero-order valence-corrected chi connectivity index (χ0v) is 38.1. The highest BCUT2D eigenvalue weighted by molar-refractivity contribution is 7.63. The van der Waals surface area contributed by atoms with E-state index in [0.29, 0.717) is 22.7 Å². The highest BCUT2D eigenvalue weighted by atomic mass is 31.2. The highest BCUT2D eigenvalue weighted by Crippen LogP contribution is 2.64. The lowest BCUT2D eigenvalue weighted by molar-refractivity contribution is -0.136. The molecule has 0 spiro atoms. The van der Waals surface area contributed by atoms with Crippen molar-refractivity contribution >= 4 is 30.8 Å². The molecule has 64 heavy (non-hydrogen) atoms. The van der Waals surface area contributed by atoms with Crippen molar-refractivity contribution in [2.45, 2.75) is 89.7 Å². The van der Waals surface area contributed by atoms with Crippen LogP contribution in [0.5, 0.6) is 11.5 Å². The predicted octanol–water partition coefficient (Wildman–Crippen LogP) is 7.15. The number of anilines is 1. The van der Waals surface area contributed by atoms with Crippen LogP contribution < -0.4 is 14.8 Å². The van der Waals surface area contributed by atoms with Gasteiger partial charge in [0.25, 0.3) is 0 Å². The van der Waals surface area contributed by atoms with E-state index in [1.165, 1.54) is 19.6 Å². The van der Waals surface area contributed by atoms with E-state index in [4.69, 9.17) is 32.9 Å². The number of rotatable bonds is 22. The number of nitrogens with zero attached hydrogens (tertiary/aromatic N) is 7. The van der Waals surface area contributed by atoms with Gasteiger partial charge in [-0.15, -0.1) is 4.67 Å². The monoisotopic (exact) mass is 895 g/mol. The molecule has 2 N–H and O–H groups in total. The standard InChI is InChI=1S/C46H55N8O9P/c1-31(2)54(32(3)4)64(56,26-12-24-48)63-41-39(62-45(42(41)60-30-59-25-11-23-47)53-29-51-40-43(52-33(5)55)49-28-50-44(40)53)27-61-46(34-13-9-8-10-14-34,35-15-19-37(57-6)20-16-35)36-17-21-38(58-7)22-18-36/h8-10,13-22,28-29,31-32,39,41-42,45,56H,11-12,25-27,30H2,1-7H3/p+1/t39-,41-,42-,45-,64?/m1/s1. The smallest absolute Gasteiger partial charge is 0.347 e. The summed E-state index contributed by atoms with van der Waals surface area (Å²) in [5.41, 5.74) is 1.72. The molecule has 17 nitrogen and oxygen atoms in total. The Labute approximate surface area is 374 Å². The molecule has 3 aromatic carbocycles. The number of imidazole rings is 1. The minimum atomic E-state index is -3.63. The van der Waals surface area contributed by atoms with Gasteiger partial charge in [-0.2, -0.15) is 15.0 Å². The van der Waals surface area contributed by atoms with E-state index in [-0.39, 0.29) is 62.8 Å². The summed E-state index contributed by atoms with van der Waals surface area (Å²) in [6, 6.07) is 29.0. The first-order valence-electron chi connectivity index (χ1n) is 21.0. The molecule has 0 saturated carbocycles. The number of amides is 1. The Balaban J connectivity index is 1.54. The van der Waals surface area contributed by atoms with Gasteiger partial charge < -0.3 is 33.7 Å². The van der Waals surface area contributed by atoms with E-state index in [1.54, 1.807) is 18.8 Å². The lowest BCUT2D eigenvalue weighted by Crippen LogP contribution is -2.45. The van der Waals surface area contributed by atoms with Gasteiger partial charge in [-0.25, -0.2) is 19.8 Å². The fourth-order valence-corrected chi connectivity index (χ4v) is 11.1. The summed E-state index contributed by atoms with van der Waals surface area (Å²) in [4.78, 5) is 38.4. The second kappa shape index (κ2) is 21.9. The SMILES string of the molecule is COc1ccc(C(OC[C@H]2O[C@@H](n3cnc4c(NC(C)=O)ncnc43)[C@H](OCOCCC#N)[C@@H]2O[P+](O)(CCC#N)N(C(C)C)C(C)C)(c2ccccc2)c2ccc(OC)cc2)cc1. The van der Waals surface area contributed by atoms with Crippen LogP contribution in [0.25, 0.3) is 11.2 Å². The first-order valence-corrected chi connectivity index (χ1v) is 22.8. The van der Waals surface area contributed by atoms with Crippen molar-refractivity contribution in [1.82, 2.24) is 24.2 Å². The average molecular weight is 896 g/mol. The van der Waals surface area contributed by atoms with Gasteiger partial charge in [0.2, 0.25) is 5.91 Å². The molecule has 1 aliphatic rings. The fourth-order valence-electron chi connectivity index (χ4n) is 8.18. The zero-order chi connectivity index (χ0) is 45.9. The number of hydrogen-bond acceptors (Lipinski definition) is 15. The molecule has 5 aromatic rings. The quantitative estimate of drug-likeness (QED) is 0.0306. The number of aromatic nitrogens is 4. The number of methoxy groups -OCH3 is 2. The van der Waals surface area contributed by atoms with Gasteiger partial charge in [0.05, 0.1) is 58.7 Å². The van der Waals surface area contributed by atoms with E-state index >= 15 is 0 Å². The Morgan fingerprint density at radius 1 is 0.891 bits per heavy atom. The summed E-state index contributed by atoms with van der Waals surface area (Å²) in [5.74, 6) is 1.18. The average Bonchev–Trinajstić information content (AvgIpc) is 3.87. The number of nitriles is 2. The van der Waals surface area contributed by atoms with Crippen LogP contribution in [0.15, 0.2) is 91.5 Å². The van der Waals surface area contributed by atoms with E-state index in [2.05, 4.69) is 32.4 Å². The number of ether oxygens (including phenoxy) is 6. The third kappa shape index (κ3) is 10.5. The van der Waals surface area contributed by atoms with Crippen molar-refractivity contribution in [2.24, 2.45) is 0 Å². The first kappa shape index (κ1) is 47.9. The Hall–Kier alpha value is -5.59. The zero-order valence-electron chi connectivity index (χ0n) is 37.2. The maximum atomic E-state index is 12.9. The summed E-state index contributed by atoms with van der Waals surface area (Å²) >= 11 is 0. The molecule has 1 fully saturated rings. The summed E-state index contributed by atoms with van der Waals surface area (Å²) < 4.78 is 48.5. The second-order valence-corrected chi connectivity index (χ2v) is 18.1. The molecule has 2 aromatic heterocycles. The molecule has 5 atom stereocenters. The summed E-state index contributed by atoms with van der Waals surface area (Å²) in [5, 5.41) is 21.8. The molecule has 0 bridgehead atoms. The number of carbonyl (C=O) groups is 1. The summed E-state index contributed by atoms with van der Waals surface area (Å²) in [6.07, 6.45) is -1.11. The maximum absolute atomic E-state index is 12.9. The van der Waals surface area contributed by atoms with Gasteiger partial charge in [-0.3, -0.25) is 9.36 Å². The van der Waals surface area contributed by atoms with Crippen LogP contribution >= 0.6 is 7.87 Å². The molecule has 0 aliphatic carbocycles. The predicted molar refractivity (Wildman–Crippen MR) is 239 cm³/mol. The van der Waals surface area contributed by atoms with Crippen LogP contribution in [0.3, 0.4) is 0 Å². The Morgan fingerprint density at radius 2 is 1.50 bits per heavy atom. The highest BCUT2D eigenvalue weighted by Gasteiger charge is 2.58. The number of nitrogens with one attached hydrogen (secondary N) is 1. The molecule has 1 aliphatic heterocycles. The Morgan fingerprint density at radius 3 is 2.06 bits per heavy atom. The maximum Gasteiger partial charge on any atom is 0.347 e. The lowest BCUT2D eigenvalue weighted by Gasteiger charge is -2.39. The van der Waals surface area contributed by atoms with Gasteiger partial charge in [-0.1, -0.05) is 54.6 Å². The minimum absolute atomic E-state index is 0.0161. The lowest BCUT2D eigenvalue weighted by atomic mass is 9.80. The first-order chi connectivity index (χ1) is 30.9. The van der Waals surface area contributed by atoms with Gasteiger partial charge in [-0.05, 0) is 68.7 Å². The normalized spacial score (nSPS) is 18.5. The molecule has 1 saturated heterocycles. The molecule has 1 unspecified atom stereocenters. The molecule has 18 heteroatoms. The van der Waals surface area contributed by atoms with Crippen LogP contribution in [0.1, 0.15) is 70.4 Å². The van der Waals surface area contributed by atoms with Crippen LogP contribution in [-0.2, 0) is 33.9 Å². The number of hydrogen-bond donors (Lipinski definition) is 2.